The Hall–Kier alpha value is -2.30. The third kappa shape index (κ3) is 2.31. The minimum atomic E-state index is -0.475. The topological polar surface area (TPSA) is 74.0 Å². The van der Waals surface area contributed by atoms with Gasteiger partial charge in [0.2, 0.25) is 0 Å². The van der Waals surface area contributed by atoms with E-state index in [4.69, 9.17) is 0 Å². The van der Waals surface area contributed by atoms with Crippen molar-refractivity contribution in [3.8, 4) is 0 Å². The van der Waals surface area contributed by atoms with Crippen LogP contribution in [0.1, 0.15) is 18.6 Å². The highest BCUT2D eigenvalue weighted by Gasteiger charge is 2.29. The molecular formula is C14H17N3O2. The predicted octanol–water partition coefficient (Wildman–Crippen LogP) is 1.86. The highest BCUT2D eigenvalue weighted by Crippen LogP contribution is 2.21. The number of aromatic nitrogens is 1. The quantitative estimate of drug-likeness (QED) is 0.720. The van der Waals surface area contributed by atoms with Crippen molar-refractivity contribution < 1.29 is 9.59 Å². The number of benzene rings is 1. The number of carbonyl (C=O) groups excluding carboxylic acids is 2. The maximum absolute atomic E-state index is 11.5. The number of carbonyl (C=O) groups is 2. The van der Waals surface area contributed by atoms with Gasteiger partial charge in [-0.05, 0) is 24.6 Å². The zero-order chi connectivity index (χ0) is 12.7. The molecule has 5 heteroatoms. The van der Waals surface area contributed by atoms with Gasteiger partial charge in [0.1, 0.15) is 6.04 Å². The van der Waals surface area contributed by atoms with E-state index in [1.165, 1.54) is 5.56 Å². The smallest absolute Gasteiger partial charge is 0.322 e. The maximum atomic E-state index is 11.5. The van der Waals surface area contributed by atoms with Gasteiger partial charge in [-0.3, -0.25) is 10.1 Å². The van der Waals surface area contributed by atoms with Crippen molar-refractivity contribution in [2.75, 3.05) is 0 Å². The summed E-state index contributed by atoms with van der Waals surface area (Å²) in [7, 11) is 0. The Bertz CT molecular complexity index is 645. The normalized spacial score (nSPS) is 18.1. The first kappa shape index (κ1) is 13.1. The molecule has 0 radical (unpaired) electrons. The van der Waals surface area contributed by atoms with Crippen molar-refractivity contribution in [2.24, 2.45) is 0 Å². The summed E-state index contributed by atoms with van der Waals surface area (Å²) in [5.74, 6) is -0.262. The van der Waals surface area contributed by atoms with Gasteiger partial charge in [-0.1, -0.05) is 19.1 Å². The Labute approximate surface area is 111 Å². The highest BCUT2D eigenvalue weighted by atomic mass is 16.2. The number of aryl methyl sites for hydroxylation is 1. The van der Waals surface area contributed by atoms with Crippen molar-refractivity contribution in [3.63, 3.8) is 0 Å². The molecule has 1 aliphatic heterocycles. The average Bonchev–Trinajstić information content (AvgIpc) is 2.84. The van der Waals surface area contributed by atoms with Gasteiger partial charge in [0.05, 0.1) is 0 Å². The molecule has 3 N–H and O–H groups in total. The third-order valence-electron chi connectivity index (χ3n) is 3.21. The second kappa shape index (κ2) is 4.76. The van der Waals surface area contributed by atoms with Gasteiger partial charge >= 0.3 is 6.03 Å². The number of nitrogens with one attached hydrogen (secondary N) is 3. The number of rotatable bonds is 2. The standard InChI is InChI=1S/C13H13N3O2.CH4/c1-7-2-3-10-9(4-7)8(6-14-10)5-11-12(17)16-13(18)15-11;/h2-4,6,11,14H,5H2,1H3,(H2,15,16,17,18);1H4/t11-;/m1./s1. The lowest BCUT2D eigenvalue weighted by Crippen LogP contribution is -2.30. The van der Waals surface area contributed by atoms with Crippen molar-refractivity contribution in [1.29, 1.82) is 0 Å². The SMILES string of the molecule is C.Cc1ccc2[nH]cc(C[C@H]3NC(=O)NC3=O)c2c1. The van der Waals surface area contributed by atoms with Crippen LogP contribution in [0.4, 0.5) is 4.79 Å². The van der Waals surface area contributed by atoms with Crippen molar-refractivity contribution in [2.45, 2.75) is 26.8 Å². The average molecular weight is 259 g/mol. The van der Waals surface area contributed by atoms with Gasteiger partial charge in [0.25, 0.3) is 5.91 Å². The van der Waals surface area contributed by atoms with E-state index in [-0.39, 0.29) is 13.3 Å². The van der Waals surface area contributed by atoms with E-state index in [0.29, 0.717) is 6.42 Å². The van der Waals surface area contributed by atoms with Crippen LogP contribution in [0, 0.1) is 6.92 Å². The summed E-state index contributed by atoms with van der Waals surface area (Å²) in [5, 5.41) is 5.95. The Balaban J connectivity index is 0.00000133. The Morgan fingerprint density at radius 3 is 2.74 bits per heavy atom. The van der Waals surface area contributed by atoms with Crippen LogP contribution < -0.4 is 10.6 Å². The number of amides is 3. The monoisotopic (exact) mass is 259 g/mol. The molecule has 3 rings (SSSR count). The molecule has 1 atom stereocenters. The summed E-state index contributed by atoms with van der Waals surface area (Å²) in [6.07, 6.45) is 2.39. The summed E-state index contributed by atoms with van der Waals surface area (Å²) in [4.78, 5) is 25.7. The van der Waals surface area contributed by atoms with E-state index < -0.39 is 12.1 Å². The fraction of sp³-hybridized carbons (Fsp3) is 0.286. The highest BCUT2D eigenvalue weighted by molar-refractivity contribution is 6.04. The molecule has 19 heavy (non-hydrogen) atoms. The first-order valence-corrected chi connectivity index (χ1v) is 5.81. The molecule has 1 aliphatic rings. The third-order valence-corrected chi connectivity index (χ3v) is 3.21. The van der Waals surface area contributed by atoms with Crippen LogP contribution in [0.2, 0.25) is 0 Å². The molecule has 100 valence electrons. The van der Waals surface area contributed by atoms with E-state index in [1.54, 1.807) is 0 Å². The second-order valence-electron chi connectivity index (χ2n) is 4.58. The van der Waals surface area contributed by atoms with Crippen molar-refractivity contribution >= 4 is 22.8 Å². The van der Waals surface area contributed by atoms with Gasteiger partial charge in [-0.15, -0.1) is 0 Å². The number of aromatic amines is 1. The van der Waals surface area contributed by atoms with Gasteiger partial charge in [-0.2, -0.15) is 0 Å². The number of imide groups is 1. The molecule has 0 aliphatic carbocycles. The molecule has 0 unspecified atom stereocenters. The Morgan fingerprint density at radius 1 is 1.26 bits per heavy atom. The summed E-state index contributed by atoms with van der Waals surface area (Å²) in [5.41, 5.74) is 3.25. The number of H-pyrrole nitrogens is 1. The minimum Gasteiger partial charge on any atom is -0.361 e. The molecule has 2 aromatic rings. The van der Waals surface area contributed by atoms with Gasteiger partial charge in [0, 0.05) is 23.5 Å². The largest absolute Gasteiger partial charge is 0.361 e. The first-order chi connectivity index (χ1) is 8.63. The fourth-order valence-corrected chi connectivity index (χ4v) is 2.28. The van der Waals surface area contributed by atoms with Crippen LogP contribution in [0.5, 0.6) is 0 Å². The van der Waals surface area contributed by atoms with Gasteiger partial charge in [0.15, 0.2) is 0 Å². The summed E-state index contributed by atoms with van der Waals surface area (Å²) >= 11 is 0. The molecule has 0 spiro atoms. The van der Waals surface area contributed by atoms with Crippen LogP contribution in [0.15, 0.2) is 24.4 Å². The second-order valence-corrected chi connectivity index (χ2v) is 4.58. The molecule has 1 fully saturated rings. The van der Waals surface area contributed by atoms with Gasteiger partial charge in [-0.25, -0.2) is 4.79 Å². The lowest BCUT2D eigenvalue weighted by molar-refractivity contribution is -0.120. The number of hydrogen-bond acceptors (Lipinski definition) is 2. The number of urea groups is 1. The van der Waals surface area contributed by atoms with E-state index in [0.717, 1.165) is 16.5 Å². The maximum Gasteiger partial charge on any atom is 0.322 e. The number of fused-ring (bicyclic) bond motifs is 1. The zero-order valence-corrected chi connectivity index (χ0v) is 9.91. The predicted molar refractivity (Wildman–Crippen MR) is 73.9 cm³/mol. The zero-order valence-electron chi connectivity index (χ0n) is 9.91. The summed E-state index contributed by atoms with van der Waals surface area (Å²) in [6, 6.07) is 5.24. The van der Waals surface area contributed by atoms with Crippen LogP contribution in [-0.2, 0) is 11.2 Å². The van der Waals surface area contributed by atoms with E-state index in [2.05, 4.69) is 21.7 Å². The van der Waals surface area contributed by atoms with E-state index in [1.807, 2.05) is 25.3 Å². The molecule has 3 amide bonds. The summed E-state index contributed by atoms with van der Waals surface area (Å²) < 4.78 is 0. The van der Waals surface area contributed by atoms with E-state index >= 15 is 0 Å². The first-order valence-electron chi connectivity index (χ1n) is 5.81. The van der Waals surface area contributed by atoms with Crippen LogP contribution in [0.3, 0.4) is 0 Å². The van der Waals surface area contributed by atoms with Crippen molar-refractivity contribution in [3.05, 3.63) is 35.5 Å². The van der Waals surface area contributed by atoms with Crippen LogP contribution >= 0.6 is 0 Å². The molecule has 0 bridgehead atoms. The molecule has 5 nitrogen and oxygen atoms in total. The molecule has 2 heterocycles. The Morgan fingerprint density at radius 2 is 2.05 bits per heavy atom. The molecule has 0 saturated carbocycles. The van der Waals surface area contributed by atoms with Gasteiger partial charge < -0.3 is 10.3 Å². The van der Waals surface area contributed by atoms with Crippen LogP contribution in [-0.4, -0.2) is 23.0 Å². The minimum absolute atomic E-state index is 0. The number of hydrogen-bond donors (Lipinski definition) is 3. The van der Waals surface area contributed by atoms with Crippen LogP contribution in [0.25, 0.3) is 10.9 Å². The molecular weight excluding hydrogens is 242 g/mol. The lowest BCUT2D eigenvalue weighted by atomic mass is 10.0. The fourth-order valence-electron chi connectivity index (χ4n) is 2.28. The molecule has 1 saturated heterocycles. The van der Waals surface area contributed by atoms with Crippen molar-refractivity contribution in [1.82, 2.24) is 15.6 Å². The molecule has 1 aromatic carbocycles. The van der Waals surface area contributed by atoms with E-state index in [9.17, 15) is 9.59 Å². The molecule has 1 aromatic heterocycles. The summed E-state index contributed by atoms with van der Waals surface area (Å²) in [6.45, 7) is 2.03. The Kier molecular flexibility index (Phi) is 3.29. The lowest BCUT2D eigenvalue weighted by Gasteiger charge is -2.06.